The van der Waals surface area contributed by atoms with E-state index in [1.807, 2.05) is 0 Å². The van der Waals surface area contributed by atoms with Crippen molar-refractivity contribution in [2.24, 2.45) is 0 Å². The standard InChI is InChI=1S/C13H17N3O3/c14-10-3-1-2-8(7-17)9(10)6-15-11-4-5-12(18)16-13(11)19/h1-3,11,15,17H,4-7,14H2,(H,16,18,19). The summed E-state index contributed by atoms with van der Waals surface area (Å²) in [5, 5.41) is 14.6. The number of imide groups is 1. The van der Waals surface area contributed by atoms with Gasteiger partial charge in [-0.1, -0.05) is 12.1 Å². The molecule has 1 aromatic carbocycles. The molecule has 1 aliphatic rings. The molecule has 1 fully saturated rings. The maximum Gasteiger partial charge on any atom is 0.243 e. The molecule has 1 aromatic rings. The van der Waals surface area contributed by atoms with Crippen LogP contribution in [0.3, 0.4) is 0 Å². The average Bonchev–Trinajstić information content (AvgIpc) is 2.39. The maximum atomic E-state index is 11.6. The number of aliphatic hydroxyl groups excluding tert-OH is 1. The van der Waals surface area contributed by atoms with Gasteiger partial charge in [0.15, 0.2) is 0 Å². The van der Waals surface area contributed by atoms with Gasteiger partial charge in [-0.2, -0.15) is 0 Å². The molecule has 19 heavy (non-hydrogen) atoms. The highest BCUT2D eigenvalue weighted by Crippen LogP contribution is 2.17. The highest BCUT2D eigenvalue weighted by Gasteiger charge is 2.26. The Hall–Kier alpha value is -1.92. The molecule has 5 N–H and O–H groups in total. The van der Waals surface area contributed by atoms with Crippen molar-refractivity contribution in [2.75, 3.05) is 5.73 Å². The summed E-state index contributed by atoms with van der Waals surface area (Å²) in [4.78, 5) is 22.6. The predicted octanol–water partition coefficient (Wildman–Crippen LogP) is -0.344. The Balaban J connectivity index is 2.03. The number of nitrogens with one attached hydrogen (secondary N) is 2. The zero-order valence-corrected chi connectivity index (χ0v) is 10.5. The van der Waals surface area contributed by atoms with Gasteiger partial charge >= 0.3 is 0 Å². The molecule has 0 aromatic heterocycles. The summed E-state index contributed by atoms with van der Waals surface area (Å²) in [5.41, 5.74) is 7.96. The number of nitrogens with two attached hydrogens (primary N) is 1. The van der Waals surface area contributed by atoms with Crippen molar-refractivity contribution in [3.05, 3.63) is 29.3 Å². The van der Waals surface area contributed by atoms with Gasteiger partial charge in [0.25, 0.3) is 0 Å². The van der Waals surface area contributed by atoms with E-state index < -0.39 is 6.04 Å². The summed E-state index contributed by atoms with van der Waals surface area (Å²) >= 11 is 0. The van der Waals surface area contributed by atoms with E-state index in [1.54, 1.807) is 18.2 Å². The van der Waals surface area contributed by atoms with Gasteiger partial charge in [0.05, 0.1) is 12.6 Å². The molecule has 0 radical (unpaired) electrons. The largest absolute Gasteiger partial charge is 0.398 e. The van der Waals surface area contributed by atoms with E-state index in [4.69, 9.17) is 5.73 Å². The summed E-state index contributed by atoms with van der Waals surface area (Å²) in [6, 6.07) is 4.92. The smallest absolute Gasteiger partial charge is 0.243 e. The van der Waals surface area contributed by atoms with Crippen molar-refractivity contribution in [3.63, 3.8) is 0 Å². The lowest BCUT2D eigenvalue weighted by molar-refractivity contribution is -0.134. The molecule has 102 valence electrons. The lowest BCUT2D eigenvalue weighted by Gasteiger charge is -2.22. The Morgan fingerprint density at radius 1 is 1.42 bits per heavy atom. The van der Waals surface area contributed by atoms with Gasteiger partial charge < -0.3 is 16.2 Å². The molecule has 6 nitrogen and oxygen atoms in total. The summed E-state index contributed by atoms with van der Waals surface area (Å²) in [6.07, 6.45) is 0.812. The lowest BCUT2D eigenvalue weighted by atomic mass is 10.0. The number of anilines is 1. The number of benzene rings is 1. The highest BCUT2D eigenvalue weighted by atomic mass is 16.3. The number of amides is 2. The van der Waals surface area contributed by atoms with Gasteiger partial charge in [-0.05, 0) is 23.6 Å². The molecule has 0 aliphatic carbocycles. The van der Waals surface area contributed by atoms with E-state index in [0.29, 0.717) is 25.1 Å². The normalized spacial score (nSPS) is 19.3. The van der Waals surface area contributed by atoms with Crippen LogP contribution in [0.25, 0.3) is 0 Å². The monoisotopic (exact) mass is 263 g/mol. The van der Waals surface area contributed by atoms with Crippen LogP contribution in [0.5, 0.6) is 0 Å². The van der Waals surface area contributed by atoms with Crippen molar-refractivity contribution in [2.45, 2.75) is 32.0 Å². The topological polar surface area (TPSA) is 104 Å². The average molecular weight is 263 g/mol. The van der Waals surface area contributed by atoms with Crippen LogP contribution in [0, 0.1) is 0 Å². The first-order valence-electron chi connectivity index (χ1n) is 6.16. The van der Waals surface area contributed by atoms with Crippen LogP contribution in [0.2, 0.25) is 0 Å². The molecule has 0 spiro atoms. The predicted molar refractivity (Wildman–Crippen MR) is 69.8 cm³/mol. The van der Waals surface area contributed by atoms with Crippen LogP contribution in [0.1, 0.15) is 24.0 Å². The quantitative estimate of drug-likeness (QED) is 0.439. The Kier molecular flexibility index (Phi) is 4.13. The van der Waals surface area contributed by atoms with E-state index in [0.717, 1.165) is 11.1 Å². The minimum atomic E-state index is -0.399. The van der Waals surface area contributed by atoms with Crippen LogP contribution >= 0.6 is 0 Å². The first-order chi connectivity index (χ1) is 9.11. The van der Waals surface area contributed by atoms with E-state index in [-0.39, 0.29) is 18.4 Å². The fourth-order valence-corrected chi connectivity index (χ4v) is 2.13. The molecule has 1 unspecified atom stereocenters. The molecular weight excluding hydrogens is 246 g/mol. The second kappa shape index (κ2) is 5.81. The van der Waals surface area contributed by atoms with Gasteiger partial charge in [-0.15, -0.1) is 0 Å². The zero-order valence-electron chi connectivity index (χ0n) is 10.5. The third-order valence-corrected chi connectivity index (χ3v) is 3.24. The van der Waals surface area contributed by atoms with Crippen LogP contribution in [0.15, 0.2) is 18.2 Å². The Bertz CT molecular complexity index is 502. The third kappa shape index (κ3) is 3.10. The Morgan fingerprint density at radius 3 is 2.89 bits per heavy atom. The summed E-state index contributed by atoms with van der Waals surface area (Å²) < 4.78 is 0. The highest BCUT2D eigenvalue weighted by molar-refractivity contribution is 6.00. The summed E-state index contributed by atoms with van der Waals surface area (Å²) in [5.74, 6) is -0.547. The first kappa shape index (κ1) is 13.5. The second-order valence-electron chi connectivity index (χ2n) is 4.53. The fraction of sp³-hybridized carbons (Fsp3) is 0.385. The fourth-order valence-electron chi connectivity index (χ4n) is 2.13. The van der Waals surface area contributed by atoms with E-state index in [2.05, 4.69) is 10.6 Å². The van der Waals surface area contributed by atoms with E-state index >= 15 is 0 Å². The second-order valence-corrected chi connectivity index (χ2v) is 4.53. The Labute approximate surface area is 111 Å². The number of carbonyl (C=O) groups is 2. The maximum absolute atomic E-state index is 11.6. The number of rotatable bonds is 4. The minimum absolute atomic E-state index is 0.0998. The molecule has 1 saturated heterocycles. The van der Waals surface area contributed by atoms with Gasteiger partial charge in [0.2, 0.25) is 11.8 Å². The van der Waals surface area contributed by atoms with Crippen molar-refractivity contribution in [1.82, 2.24) is 10.6 Å². The van der Waals surface area contributed by atoms with Crippen LogP contribution in [-0.4, -0.2) is 23.0 Å². The van der Waals surface area contributed by atoms with Gasteiger partial charge in [-0.25, -0.2) is 0 Å². The van der Waals surface area contributed by atoms with Crippen LogP contribution in [-0.2, 0) is 22.7 Å². The van der Waals surface area contributed by atoms with E-state index in [1.165, 1.54) is 0 Å². The van der Waals surface area contributed by atoms with Gasteiger partial charge in [-0.3, -0.25) is 14.9 Å². The van der Waals surface area contributed by atoms with Crippen molar-refractivity contribution < 1.29 is 14.7 Å². The zero-order chi connectivity index (χ0) is 13.8. The third-order valence-electron chi connectivity index (χ3n) is 3.24. The molecule has 1 aliphatic heterocycles. The lowest BCUT2D eigenvalue weighted by Crippen LogP contribution is -2.50. The first-order valence-corrected chi connectivity index (χ1v) is 6.16. The molecule has 2 amide bonds. The van der Waals surface area contributed by atoms with Crippen molar-refractivity contribution >= 4 is 17.5 Å². The summed E-state index contributed by atoms with van der Waals surface area (Å²) in [7, 11) is 0. The molecule has 0 saturated carbocycles. The minimum Gasteiger partial charge on any atom is -0.398 e. The molecule has 2 rings (SSSR count). The van der Waals surface area contributed by atoms with Crippen LogP contribution < -0.4 is 16.4 Å². The van der Waals surface area contributed by atoms with Crippen molar-refractivity contribution in [3.8, 4) is 0 Å². The van der Waals surface area contributed by atoms with Gasteiger partial charge in [0.1, 0.15) is 0 Å². The number of aliphatic hydroxyl groups is 1. The molecule has 0 bridgehead atoms. The van der Waals surface area contributed by atoms with Crippen LogP contribution in [0.4, 0.5) is 5.69 Å². The SMILES string of the molecule is Nc1cccc(CO)c1CNC1CCC(=O)NC1=O. The Morgan fingerprint density at radius 2 is 2.21 bits per heavy atom. The van der Waals surface area contributed by atoms with Gasteiger partial charge in [0, 0.05) is 18.7 Å². The number of carbonyl (C=O) groups excluding carboxylic acids is 2. The molecule has 1 atom stereocenters. The van der Waals surface area contributed by atoms with Crippen molar-refractivity contribution in [1.29, 1.82) is 0 Å². The molecule has 1 heterocycles. The number of piperidine rings is 1. The number of nitrogen functional groups attached to an aromatic ring is 1. The number of hydrogen-bond acceptors (Lipinski definition) is 5. The summed E-state index contributed by atoms with van der Waals surface area (Å²) in [6.45, 7) is 0.284. The number of hydrogen-bond donors (Lipinski definition) is 4. The molecular formula is C13H17N3O3. The molecule has 6 heteroatoms. The van der Waals surface area contributed by atoms with E-state index in [9.17, 15) is 14.7 Å².